The van der Waals surface area contributed by atoms with Crippen LogP contribution >= 0.6 is 11.3 Å². The molecule has 0 saturated heterocycles. The van der Waals surface area contributed by atoms with Crippen molar-refractivity contribution in [1.82, 2.24) is 9.80 Å². The van der Waals surface area contributed by atoms with E-state index >= 15 is 0 Å². The SMILES string of the molecule is CC(C)C(=O)N(CC(=O)N1CCc2sccc2[C@H]1c1ccc(F)cc1)C1CC1. The Morgan fingerprint density at radius 2 is 1.93 bits per heavy atom. The molecule has 2 amide bonds. The third-order valence-electron chi connectivity index (χ3n) is 5.54. The molecule has 6 heteroatoms. The van der Waals surface area contributed by atoms with Gasteiger partial charge in [0.15, 0.2) is 0 Å². The molecular weight excluding hydrogens is 375 g/mol. The van der Waals surface area contributed by atoms with Gasteiger partial charge >= 0.3 is 0 Å². The Labute approximate surface area is 169 Å². The quantitative estimate of drug-likeness (QED) is 0.761. The normalized spacial score (nSPS) is 18.9. The fourth-order valence-corrected chi connectivity index (χ4v) is 4.83. The van der Waals surface area contributed by atoms with Gasteiger partial charge in [0.05, 0.1) is 6.04 Å². The van der Waals surface area contributed by atoms with Crippen LogP contribution in [-0.2, 0) is 16.0 Å². The number of nitrogens with zero attached hydrogens (tertiary/aromatic N) is 2. The van der Waals surface area contributed by atoms with Gasteiger partial charge in [-0.05, 0) is 54.0 Å². The largest absolute Gasteiger partial charge is 0.330 e. The summed E-state index contributed by atoms with van der Waals surface area (Å²) < 4.78 is 13.5. The summed E-state index contributed by atoms with van der Waals surface area (Å²) in [6.07, 6.45) is 2.77. The molecule has 0 bridgehead atoms. The zero-order chi connectivity index (χ0) is 19.8. The van der Waals surface area contributed by atoms with Crippen LogP contribution in [0, 0.1) is 11.7 Å². The molecule has 1 aromatic carbocycles. The number of benzene rings is 1. The summed E-state index contributed by atoms with van der Waals surface area (Å²) in [5.41, 5.74) is 2.02. The van der Waals surface area contributed by atoms with Gasteiger partial charge in [-0.25, -0.2) is 4.39 Å². The Morgan fingerprint density at radius 3 is 2.57 bits per heavy atom. The lowest BCUT2D eigenvalue weighted by atomic mass is 9.93. The molecule has 1 aromatic heterocycles. The predicted octanol–water partition coefficient (Wildman–Crippen LogP) is 4.01. The van der Waals surface area contributed by atoms with Gasteiger partial charge in [0.25, 0.3) is 0 Å². The number of halogens is 1. The van der Waals surface area contributed by atoms with Gasteiger partial charge in [-0.2, -0.15) is 0 Å². The molecule has 0 radical (unpaired) electrons. The standard InChI is InChI=1S/C22H25FN2O2S/c1-14(2)22(27)25(17-7-8-17)13-20(26)24-11-9-19-18(10-12-28-19)21(24)15-3-5-16(23)6-4-15/h3-6,10,12,14,17,21H,7-9,11,13H2,1-2H3/t21-/m1/s1. The Kier molecular flexibility index (Phi) is 5.23. The van der Waals surface area contributed by atoms with Gasteiger partial charge in [-0.3, -0.25) is 9.59 Å². The Morgan fingerprint density at radius 1 is 1.21 bits per heavy atom. The number of fused-ring (bicyclic) bond motifs is 1. The number of amides is 2. The van der Waals surface area contributed by atoms with E-state index in [9.17, 15) is 14.0 Å². The first-order valence-electron chi connectivity index (χ1n) is 9.87. The molecule has 1 aliphatic carbocycles. The second-order valence-corrected chi connectivity index (χ2v) is 8.94. The van der Waals surface area contributed by atoms with Crippen LogP contribution in [0.3, 0.4) is 0 Å². The van der Waals surface area contributed by atoms with Crippen molar-refractivity contribution in [2.75, 3.05) is 13.1 Å². The number of carbonyl (C=O) groups is 2. The van der Waals surface area contributed by atoms with Crippen LogP contribution in [0.4, 0.5) is 4.39 Å². The lowest BCUT2D eigenvalue weighted by molar-refractivity contribution is -0.144. The fraction of sp³-hybridized carbons (Fsp3) is 0.455. The van der Waals surface area contributed by atoms with Crippen molar-refractivity contribution >= 4 is 23.2 Å². The van der Waals surface area contributed by atoms with Crippen LogP contribution in [-0.4, -0.2) is 40.7 Å². The highest BCUT2D eigenvalue weighted by atomic mass is 32.1. The molecular formula is C22H25FN2O2S. The molecule has 2 aromatic rings. The zero-order valence-corrected chi connectivity index (χ0v) is 17.0. The summed E-state index contributed by atoms with van der Waals surface area (Å²) in [5, 5.41) is 2.05. The van der Waals surface area contributed by atoms with Crippen molar-refractivity contribution in [3.63, 3.8) is 0 Å². The third kappa shape index (κ3) is 3.70. The van der Waals surface area contributed by atoms with E-state index < -0.39 is 0 Å². The van der Waals surface area contributed by atoms with Crippen molar-refractivity contribution in [3.8, 4) is 0 Å². The molecule has 1 aliphatic heterocycles. The molecule has 0 spiro atoms. The van der Waals surface area contributed by atoms with Gasteiger partial charge in [-0.1, -0.05) is 26.0 Å². The average Bonchev–Trinajstić information content (AvgIpc) is 3.41. The van der Waals surface area contributed by atoms with E-state index in [1.54, 1.807) is 28.4 Å². The summed E-state index contributed by atoms with van der Waals surface area (Å²) >= 11 is 1.70. The van der Waals surface area contributed by atoms with Crippen LogP contribution in [0.5, 0.6) is 0 Å². The van der Waals surface area contributed by atoms with Crippen LogP contribution in [0.15, 0.2) is 35.7 Å². The van der Waals surface area contributed by atoms with E-state index in [1.807, 2.05) is 24.1 Å². The van der Waals surface area contributed by atoms with Gasteiger partial charge in [-0.15, -0.1) is 11.3 Å². The highest BCUT2D eigenvalue weighted by Crippen LogP contribution is 2.38. The molecule has 4 nitrogen and oxygen atoms in total. The maximum Gasteiger partial charge on any atom is 0.243 e. The molecule has 2 heterocycles. The Balaban J connectivity index is 1.62. The molecule has 1 saturated carbocycles. The number of rotatable bonds is 5. The molecule has 4 rings (SSSR count). The first kappa shape index (κ1) is 19.1. The van der Waals surface area contributed by atoms with Crippen molar-refractivity contribution < 1.29 is 14.0 Å². The summed E-state index contributed by atoms with van der Waals surface area (Å²) in [7, 11) is 0. The van der Waals surface area contributed by atoms with Crippen LogP contribution in [0.25, 0.3) is 0 Å². The summed E-state index contributed by atoms with van der Waals surface area (Å²) in [4.78, 5) is 30.8. The van der Waals surface area contributed by atoms with Gasteiger partial charge < -0.3 is 9.80 Å². The monoisotopic (exact) mass is 400 g/mol. The molecule has 28 heavy (non-hydrogen) atoms. The minimum Gasteiger partial charge on any atom is -0.330 e. The van der Waals surface area contributed by atoms with Gasteiger partial charge in [0.1, 0.15) is 12.4 Å². The van der Waals surface area contributed by atoms with Crippen LogP contribution < -0.4 is 0 Å². The average molecular weight is 401 g/mol. The third-order valence-corrected chi connectivity index (χ3v) is 6.54. The van der Waals surface area contributed by atoms with E-state index in [0.717, 1.165) is 30.4 Å². The van der Waals surface area contributed by atoms with Gasteiger partial charge in [0, 0.05) is 23.4 Å². The highest BCUT2D eigenvalue weighted by molar-refractivity contribution is 7.10. The van der Waals surface area contributed by atoms with Crippen molar-refractivity contribution in [1.29, 1.82) is 0 Å². The van der Waals surface area contributed by atoms with Crippen molar-refractivity contribution in [2.24, 2.45) is 5.92 Å². The van der Waals surface area contributed by atoms with Crippen LogP contribution in [0.2, 0.25) is 0 Å². The predicted molar refractivity (Wildman–Crippen MR) is 108 cm³/mol. The molecule has 1 fully saturated rings. The number of carbonyl (C=O) groups excluding carboxylic acids is 2. The smallest absolute Gasteiger partial charge is 0.243 e. The Hall–Kier alpha value is -2.21. The lowest BCUT2D eigenvalue weighted by Crippen LogP contribution is -2.48. The molecule has 1 atom stereocenters. The maximum absolute atomic E-state index is 13.5. The Bertz CT molecular complexity index is 873. The summed E-state index contributed by atoms with van der Waals surface area (Å²) in [5.74, 6) is -0.397. The molecule has 0 unspecified atom stereocenters. The second-order valence-electron chi connectivity index (χ2n) is 7.94. The van der Waals surface area contributed by atoms with Gasteiger partial charge in [0.2, 0.25) is 11.8 Å². The minimum absolute atomic E-state index is 0.0351. The minimum atomic E-state index is -0.287. The van der Waals surface area contributed by atoms with E-state index in [2.05, 4.69) is 6.07 Å². The number of hydrogen-bond acceptors (Lipinski definition) is 3. The van der Waals surface area contributed by atoms with Crippen molar-refractivity contribution in [3.05, 3.63) is 57.5 Å². The fourth-order valence-electron chi connectivity index (χ4n) is 3.93. The van der Waals surface area contributed by atoms with E-state index in [0.29, 0.717) is 6.54 Å². The molecule has 148 valence electrons. The topological polar surface area (TPSA) is 40.6 Å². The number of thiophene rings is 1. The molecule has 2 aliphatic rings. The van der Waals surface area contributed by atoms with E-state index in [1.165, 1.54) is 17.0 Å². The van der Waals surface area contributed by atoms with Crippen LogP contribution in [0.1, 0.15) is 48.7 Å². The van der Waals surface area contributed by atoms with E-state index in [-0.39, 0.29) is 42.2 Å². The summed E-state index contributed by atoms with van der Waals surface area (Å²) in [6.45, 7) is 4.49. The first-order valence-corrected chi connectivity index (χ1v) is 10.8. The summed E-state index contributed by atoms with van der Waals surface area (Å²) in [6, 6.07) is 8.43. The van der Waals surface area contributed by atoms with Crippen molar-refractivity contribution in [2.45, 2.75) is 45.2 Å². The zero-order valence-electron chi connectivity index (χ0n) is 16.2. The van der Waals surface area contributed by atoms with E-state index in [4.69, 9.17) is 0 Å². The maximum atomic E-state index is 13.5. The highest BCUT2D eigenvalue weighted by Gasteiger charge is 2.38. The molecule has 0 N–H and O–H groups in total. The number of hydrogen-bond donors (Lipinski definition) is 0. The lowest BCUT2D eigenvalue weighted by Gasteiger charge is -2.38. The second kappa shape index (κ2) is 7.66. The first-order chi connectivity index (χ1) is 13.5.